The largest absolute Gasteiger partial charge is 0.416 e. The molecule has 0 aliphatic rings. The Morgan fingerprint density at radius 3 is 1.95 bits per heavy atom. The number of hydrogen-bond acceptors (Lipinski definition) is 1. The van der Waals surface area contributed by atoms with E-state index in [0.29, 0.717) is 6.07 Å². The van der Waals surface area contributed by atoms with Gasteiger partial charge in [-0.1, -0.05) is 12.1 Å². The second kappa shape index (κ2) is 5.07. The fourth-order valence-electron chi connectivity index (χ4n) is 1.40. The predicted molar refractivity (Wildman–Crippen MR) is 63.1 cm³/mol. The van der Waals surface area contributed by atoms with E-state index >= 15 is 0 Å². The summed E-state index contributed by atoms with van der Waals surface area (Å²) in [7, 11) is 0. The van der Waals surface area contributed by atoms with Gasteiger partial charge in [0.15, 0.2) is 0 Å². The van der Waals surface area contributed by atoms with E-state index in [1.165, 1.54) is 0 Å². The van der Waals surface area contributed by atoms with E-state index < -0.39 is 35.3 Å². The van der Waals surface area contributed by atoms with Gasteiger partial charge in [0.2, 0.25) is 0 Å². The topological polar surface area (TPSA) is 12.0 Å². The number of rotatable bonds is 3. The normalized spacial score (nSPS) is 13.7. The van der Waals surface area contributed by atoms with Crippen LogP contribution in [0, 0.1) is 0 Å². The van der Waals surface area contributed by atoms with Gasteiger partial charge >= 0.3 is 6.18 Å². The summed E-state index contributed by atoms with van der Waals surface area (Å²) in [6.07, 6.45) is -4.62. The zero-order chi connectivity index (χ0) is 14.9. The third kappa shape index (κ3) is 4.78. The van der Waals surface area contributed by atoms with Gasteiger partial charge in [0.05, 0.1) is 12.1 Å². The summed E-state index contributed by atoms with van der Waals surface area (Å²) in [5, 5.41) is 2.59. The number of hydrogen-bond donors (Lipinski definition) is 1. The van der Waals surface area contributed by atoms with Gasteiger partial charge in [-0.25, -0.2) is 0 Å². The third-order valence-corrected chi connectivity index (χ3v) is 2.45. The molecule has 1 aromatic rings. The quantitative estimate of drug-likeness (QED) is 0.819. The summed E-state index contributed by atoms with van der Waals surface area (Å²) < 4.78 is 65.1. The van der Waals surface area contributed by atoms with E-state index in [-0.39, 0.29) is 0 Å². The Labute approximate surface area is 108 Å². The molecule has 0 saturated carbocycles. The Balaban J connectivity index is 2.95. The predicted octanol–water partition coefficient (Wildman–Crippen LogP) is 4.19. The van der Waals surface area contributed by atoms with Gasteiger partial charge in [0, 0.05) is 11.1 Å². The summed E-state index contributed by atoms with van der Waals surface area (Å²) in [6, 6.07) is 3.25. The highest BCUT2D eigenvalue weighted by Gasteiger charge is 2.36. The van der Waals surface area contributed by atoms with Crippen LogP contribution >= 0.6 is 0 Å². The van der Waals surface area contributed by atoms with E-state index in [0.717, 1.165) is 18.2 Å². The van der Waals surface area contributed by atoms with Gasteiger partial charge in [0.25, 0.3) is 5.92 Å². The van der Waals surface area contributed by atoms with Crippen LogP contribution in [-0.4, -0.2) is 12.1 Å². The molecule has 0 radical (unpaired) electrons. The van der Waals surface area contributed by atoms with Crippen molar-refractivity contribution in [2.75, 3.05) is 6.54 Å². The molecule has 1 rings (SSSR count). The van der Waals surface area contributed by atoms with Crippen molar-refractivity contribution in [1.29, 1.82) is 0 Å². The van der Waals surface area contributed by atoms with Crippen molar-refractivity contribution in [1.82, 2.24) is 5.32 Å². The second-order valence-electron chi connectivity index (χ2n) is 5.39. The standard InChI is InChI=1S/C13H16F5N/c1-11(2,3)19-8-12(14,15)9-5-4-6-10(7-9)13(16,17)18/h4-7,19H,8H2,1-3H3. The molecule has 1 nitrogen and oxygen atoms in total. The van der Waals surface area contributed by atoms with Crippen LogP contribution in [0.25, 0.3) is 0 Å². The maximum absolute atomic E-state index is 13.8. The van der Waals surface area contributed by atoms with Crippen molar-refractivity contribution in [2.45, 2.75) is 38.4 Å². The summed E-state index contributed by atoms with van der Waals surface area (Å²) in [5.41, 5.74) is -2.25. The van der Waals surface area contributed by atoms with Crippen molar-refractivity contribution in [2.24, 2.45) is 0 Å². The lowest BCUT2D eigenvalue weighted by molar-refractivity contribution is -0.137. The smallest absolute Gasteiger partial charge is 0.306 e. The average molecular weight is 281 g/mol. The SMILES string of the molecule is CC(C)(C)NCC(F)(F)c1cccc(C(F)(F)F)c1. The van der Waals surface area contributed by atoms with Crippen molar-refractivity contribution >= 4 is 0 Å². The van der Waals surface area contributed by atoms with Crippen LogP contribution in [0.15, 0.2) is 24.3 Å². The summed E-state index contributed by atoms with van der Waals surface area (Å²) in [4.78, 5) is 0. The number of alkyl halides is 5. The fraction of sp³-hybridized carbons (Fsp3) is 0.538. The molecule has 1 aromatic carbocycles. The lowest BCUT2D eigenvalue weighted by Gasteiger charge is -2.25. The van der Waals surface area contributed by atoms with Gasteiger partial charge in [-0.05, 0) is 32.9 Å². The molecule has 0 aliphatic carbocycles. The fourth-order valence-corrected chi connectivity index (χ4v) is 1.40. The molecular weight excluding hydrogens is 265 g/mol. The van der Waals surface area contributed by atoms with Crippen LogP contribution in [0.2, 0.25) is 0 Å². The highest BCUT2D eigenvalue weighted by Crippen LogP contribution is 2.34. The van der Waals surface area contributed by atoms with E-state index in [2.05, 4.69) is 5.32 Å². The Hall–Kier alpha value is -1.17. The molecule has 0 aliphatic heterocycles. The Morgan fingerprint density at radius 2 is 1.47 bits per heavy atom. The van der Waals surface area contributed by atoms with Crippen LogP contribution in [-0.2, 0) is 12.1 Å². The maximum atomic E-state index is 13.8. The van der Waals surface area contributed by atoms with Gasteiger partial charge < -0.3 is 5.32 Å². The Kier molecular flexibility index (Phi) is 4.24. The van der Waals surface area contributed by atoms with Gasteiger partial charge in [-0.2, -0.15) is 22.0 Å². The molecule has 0 bridgehead atoms. The minimum Gasteiger partial charge on any atom is -0.306 e. The number of nitrogens with one attached hydrogen (secondary N) is 1. The Morgan fingerprint density at radius 1 is 0.947 bits per heavy atom. The summed E-state index contributed by atoms with van der Waals surface area (Å²) in [6.45, 7) is 4.40. The molecule has 0 amide bonds. The first kappa shape index (κ1) is 15.9. The van der Waals surface area contributed by atoms with Gasteiger partial charge in [-0.3, -0.25) is 0 Å². The zero-order valence-electron chi connectivity index (χ0n) is 10.9. The Bertz CT molecular complexity index is 431. The lowest BCUT2D eigenvalue weighted by Crippen LogP contribution is -2.42. The molecule has 6 heteroatoms. The molecule has 0 unspecified atom stereocenters. The molecule has 0 atom stereocenters. The number of halogens is 5. The van der Waals surface area contributed by atoms with Gasteiger partial charge in [0.1, 0.15) is 0 Å². The first-order valence-corrected chi connectivity index (χ1v) is 5.72. The molecule has 0 spiro atoms. The van der Waals surface area contributed by atoms with Crippen molar-refractivity contribution in [3.8, 4) is 0 Å². The molecular formula is C13H16F5N. The lowest BCUT2D eigenvalue weighted by atomic mass is 10.0. The van der Waals surface area contributed by atoms with Crippen molar-refractivity contribution < 1.29 is 22.0 Å². The summed E-state index contributed by atoms with van der Waals surface area (Å²) >= 11 is 0. The monoisotopic (exact) mass is 281 g/mol. The van der Waals surface area contributed by atoms with E-state index in [1.54, 1.807) is 20.8 Å². The van der Waals surface area contributed by atoms with Crippen molar-refractivity contribution in [3.63, 3.8) is 0 Å². The minimum absolute atomic E-state index is 0.490. The van der Waals surface area contributed by atoms with Crippen LogP contribution in [0.3, 0.4) is 0 Å². The third-order valence-electron chi connectivity index (χ3n) is 2.45. The molecule has 1 N–H and O–H groups in total. The van der Waals surface area contributed by atoms with E-state index in [4.69, 9.17) is 0 Å². The van der Waals surface area contributed by atoms with E-state index in [1.807, 2.05) is 0 Å². The van der Waals surface area contributed by atoms with E-state index in [9.17, 15) is 22.0 Å². The van der Waals surface area contributed by atoms with Crippen LogP contribution < -0.4 is 5.32 Å². The molecule has 0 aromatic heterocycles. The van der Waals surface area contributed by atoms with Crippen LogP contribution in [0.5, 0.6) is 0 Å². The summed E-state index contributed by atoms with van der Waals surface area (Å²) in [5.74, 6) is -3.35. The van der Waals surface area contributed by atoms with Crippen LogP contribution in [0.1, 0.15) is 31.9 Å². The van der Waals surface area contributed by atoms with Crippen molar-refractivity contribution in [3.05, 3.63) is 35.4 Å². The minimum atomic E-state index is -4.62. The second-order valence-corrected chi connectivity index (χ2v) is 5.39. The van der Waals surface area contributed by atoms with Gasteiger partial charge in [-0.15, -0.1) is 0 Å². The number of benzene rings is 1. The highest BCUT2D eigenvalue weighted by atomic mass is 19.4. The molecule has 0 fully saturated rings. The highest BCUT2D eigenvalue weighted by molar-refractivity contribution is 5.29. The maximum Gasteiger partial charge on any atom is 0.416 e. The first-order valence-electron chi connectivity index (χ1n) is 5.72. The first-order chi connectivity index (χ1) is 8.42. The molecule has 0 heterocycles. The van der Waals surface area contributed by atoms with Crippen LogP contribution in [0.4, 0.5) is 22.0 Å². The average Bonchev–Trinajstić information content (AvgIpc) is 2.25. The molecule has 19 heavy (non-hydrogen) atoms. The molecule has 0 saturated heterocycles. The molecule has 108 valence electrons. The zero-order valence-corrected chi connectivity index (χ0v) is 10.9.